The lowest BCUT2D eigenvalue weighted by atomic mass is 10.3. The van der Waals surface area contributed by atoms with Gasteiger partial charge in [-0.2, -0.15) is 0 Å². The van der Waals surface area contributed by atoms with Crippen LogP contribution in [-0.2, 0) is 4.79 Å². The van der Waals surface area contributed by atoms with E-state index in [9.17, 15) is 4.79 Å². The van der Waals surface area contributed by atoms with E-state index in [1.807, 2.05) is 6.92 Å². The number of amides is 1. The molecule has 1 N–H and O–H groups in total. The molecule has 1 aromatic heterocycles. The van der Waals surface area contributed by atoms with Crippen LogP contribution in [0.25, 0.3) is 0 Å². The van der Waals surface area contributed by atoms with Gasteiger partial charge in [-0.3, -0.25) is 4.79 Å². The van der Waals surface area contributed by atoms with Crippen LogP contribution in [0, 0.1) is 6.92 Å². The Hall–Kier alpha value is -1.09. The number of pyridine rings is 1. The van der Waals surface area contributed by atoms with Crippen molar-refractivity contribution in [2.45, 2.75) is 6.92 Å². The van der Waals surface area contributed by atoms with Crippen LogP contribution in [0.4, 0.5) is 5.69 Å². The Morgan fingerprint density at radius 3 is 3.00 bits per heavy atom. The molecule has 0 aromatic carbocycles. The smallest absolute Gasteiger partial charge is 0.211 e. The number of anilines is 1. The average molecular weight is 171 g/mol. The molecule has 1 heterocycles. The monoisotopic (exact) mass is 170 g/mol. The molecule has 1 rings (SSSR count). The number of aryl methyl sites for hydroxylation is 1. The maximum absolute atomic E-state index is 10.00. The van der Waals surface area contributed by atoms with E-state index >= 15 is 0 Å². The number of nitrogens with zero attached hydrogens (tertiary/aromatic N) is 1. The van der Waals surface area contributed by atoms with Gasteiger partial charge < -0.3 is 5.32 Å². The van der Waals surface area contributed by atoms with Gasteiger partial charge in [0.15, 0.2) is 0 Å². The number of carbonyl (C=O) groups is 1. The van der Waals surface area contributed by atoms with Crippen LogP contribution < -0.4 is 5.32 Å². The molecule has 0 fully saturated rings. The quantitative estimate of drug-likeness (QED) is 0.541. The standard InChI is InChI=1S/C7H7ClN2O/c1-5-2-6(10-4-11)3-9-7(5)8/h2-4H,1H3,(H,10,11). The van der Waals surface area contributed by atoms with Crippen molar-refractivity contribution in [3.8, 4) is 0 Å². The number of nitrogens with one attached hydrogen (secondary N) is 1. The molecule has 0 spiro atoms. The third-order valence-electron chi connectivity index (χ3n) is 1.24. The van der Waals surface area contributed by atoms with Crippen LogP contribution >= 0.6 is 11.6 Å². The highest BCUT2D eigenvalue weighted by Crippen LogP contribution is 2.15. The van der Waals surface area contributed by atoms with Crippen molar-refractivity contribution in [2.24, 2.45) is 0 Å². The lowest BCUT2D eigenvalue weighted by Crippen LogP contribution is -1.95. The van der Waals surface area contributed by atoms with Crippen LogP contribution in [0.5, 0.6) is 0 Å². The third kappa shape index (κ3) is 1.91. The molecule has 0 atom stereocenters. The molecule has 1 amide bonds. The summed E-state index contributed by atoms with van der Waals surface area (Å²) in [6.07, 6.45) is 2.11. The van der Waals surface area contributed by atoms with E-state index in [0.29, 0.717) is 17.3 Å². The summed E-state index contributed by atoms with van der Waals surface area (Å²) < 4.78 is 0. The van der Waals surface area contributed by atoms with Crippen LogP contribution in [0.15, 0.2) is 12.3 Å². The van der Waals surface area contributed by atoms with Crippen LogP contribution in [0.2, 0.25) is 5.15 Å². The predicted molar refractivity (Wildman–Crippen MR) is 43.7 cm³/mol. The molecule has 0 aliphatic carbocycles. The SMILES string of the molecule is Cc1cc(NC=O)cnc1Cl. The molecule has 0 aliphatic heterocycles. The fourth-order valence-electron chi connectivity index (χ4n) is 0.705. The van der Waals surface area contributed by atoms with Crippen molar-refractivity contribution in [1.29, 1.82) is 0 Å². The lowest BCUT2D eigenvalue weighted by Gasteiger charge is -1.99. The Labute approximate surface area is 69.4 Å². The van der Waals surface area contributed by atoms with E-state index < -0.39 is 0 Å². The Balaban J connectivity index is 2.95. The summed E-state index contributed by atoms with van der Waals surface area (Å²) in [5.74, 6) is 0. The van der Waals surface area contributed by atoms with Gasteiger partial charge in [0.05, 0.1) is 11.9 Å². The van der Waals surface area contributed by atoms with Gasteiger partial charge in [-0.15, -0.1) is 0 Å². The first-order valence-corrected chi connectivity index (χ1v) is 3.44. The van der Waals surface area contributed by atoms with Gasteiger partial charge in [0.2, 0.25) is 6.41 Å². The minimum Gasteiger partial charge on any atom is -0.327 e. The molecule has 1 aromatic rings. The minimum absolute atomic E-state index is 0.460. The second-order valence-electron chi connectivity index (χ2n) is 2.09. The first kappa shape index (κ1) is 8.01. The number of hydrogen-bond donors (Lipinski definition) is 1. The zero-order valence-corrected chi connectivity index (χ0v) is 6.72. The molecule has 0 saturated carbocycles. The van der Waals surface area contributed by atoms with Crippen molar-refractivity contribution in [1.82, 2.24) is 4.98 Å². The van der Waals surface area contributed by atoms with Crippen molar-refractivity contribution >= 4 is 23.7 Å². The van der Waals surface area contributed by atoms with E-state index in [2.05, 4.69) is 10.3 Å². The van der Waals surface area contributed by atoms with Gasteiger partial charge in [-0.05, 0) is 18.6 Å². The molecule has 0 radical (unpaired) electrons. The first-order valence-electron chi connectivity index (χ1n) is 3.06. The van der Waals surface area contributed by atoms with Gasteiger partial charge in [-0.1, -0.05) is 11.6 Å². The molecular weight excluding hydrogens is 164 g/mol. The maximum atomic E-state index is 10.00. The highest BCUT2D eigenvalue weighted by atomic mass is 35.5. The van der Waals surface area contributed by atoms with Crippen molar-refractivity contribution in [3.63, 3.8) is 0 Å². The number of hydrogen-bond acceptors (Lipinski definition) is 2. The van der Waals surface area contributed by atoms with Gasteiger partial charge in [0.25, 0.3) is 0 Å². The van der Waals surface area contributed by atoms with Gasteiger partial charge >= 0.3 is 0 Å². The largest absolute Gasteiger partial charge is 0.327 e. The maximum Gasteiger partial charge on any atom is 0.211 e. The second-order valence-corrected chi connectivity index (χ2v) is 2.45. The molecule has 4 heteroatoms. The zero-order valence-electron chi connectivity index (χ0n) is 5.97. The second kappa shape index (κ2) is 3.34. The van der Waals surface area contributed by atoms with Crippen LogP contribution in [-0.4, -0.2) is 11.4 Å². The summed E-state index contributed by atoms with van der Waals surface area (Å²) in [7, 11) is 0. The predicted octanol–water partition coefficient (Wildman–Crippen LogP) is 1.61. The molecular formula is C7H7ClN2O. The fourth-order valence-corrected chi connectivity index (χ4v) is 0.808. The zero-order chi connectivity index (χ0) is 8.27. The van der Waals surface area contributed by atoms with Gasteiger partial charge in [0, 0.05) is 0 Å². The number of aromatic nitrogens is 1. The molecule has 0 aliphatic rings. The normalized spacial score (nSPS) is 9.27. The van der Waals surface area contributed by atoms with Crippen molar-refractivity contribution < 1.29 is 4.79 Å². The molecule has 11 heavy (non-hydrogen) atoms. The Morgan fingerprint density at radius 1 is 1.73 bits per heavy atom. The highest BCUT2D eigenvalue weighted by molar-refractivity contribution is 6.30. The van der Waals surface area contributed by atoms with E-state index in [-0.39, 0.29) is 0 Å². The summed E-state index contributed by atoms with van der Waals surface area (Å²) in [4.78, 5) is 13.8. The number of carbonyl (C=O) groups excluding carboxylic acids is 1. The summed E-state index contributed by atoms with van der Waals surface area (Å²) in [6, 6.07) is 1.75. The van der Waals surface area contributed by atoms with E-state index in [0.717, 1.165) is 5.56 Å². The Morgan fingerprint density at radius 2 is 2.45 bits per heavy atom. The van der Waals surface area contributed by atoms with Crippen molar-refractivity contribution in [3.05, 3.63) is 23.0 Å². The van der Waals surface area contributed by atoms with Crippen molar-refractivity contribution in [2.75, 3.05) is 5.32 Å². The average Bonchev–Trinajstić information content (AvgIpc) is 1.98. The molecule has 0 saturated heterocycles. The summed E-state index contributed by atoms with van der Waals surface area (Å²) >= 11 is 5.65. The van der Waals surface area contributed by atoms with E-state index in [1.165, 1.54) is 6.20 Å². The van der Waals surface area contributed by atoms with Gasteiger partial charge in [0.1, 0.15) is 5.15 Å². The van der Waals surface area contributed by atoms with E-state index in [4.69, 9.17) is 11.6 Å². The first-order chi connectivity index (χ1) is 5.24. The molecule has 3 nitrogen and oxygen atoms in total. The highest BCUT2D eigenvalue weighted by Gasteiger charge is 1.96. The number of rotatable bonds is 2. The molecule has 0 unspecified atom stereocenters. The van der Waals surface area contributed by atoms with Gasteiger partial charge in [-0.25, -0.2) is 4.98 Å². The van der Waals surface area contributed by atoms with E-state index in [1.54, 1.807) is 6.07 Å². The molecule has 0 bridgehead atoms. The topological polar surface area (TPSA) is 42.0 Å². The minimum atomic E-state index is 0.460. The summed E-state index contributed by atoms with van der Waals surface area (Å²) in [5, 5.41) is 2.93. The summed E-state index contributed by atoms with van der Waals surface area (Å²) in [6.45, 7) is 1.82. The Kier molecular flexibility index (Phi) is 2.44. The number of halogens is 1. The van der Waals surface area contributed by atoms with Crippen LogP contribution in [0.1, 0.15) is 5.56 Å². The molecule has 58 valence electrons. The lowest BCUT2D eigenvalue weighted by molar-refractivity contribution is -0.105. The summed E-state index contributed by atoms with van der Waals surface area (Å²) in [5.41, 5.74) is 1.50. The van der Waals surface area contributed by atoms with Crippen LogP contribution in [0.3, 0.4) is 0 Å². The third-order valence-corrected chi connectivity index (χ3v) is 1.64. The fraction of sp³-hybridized carbons (Fsp3) is 0.143. The Bertz CT molecular complexity index is 275.